The molecule has 0 saturated carbocycles. The van der Waals surface area contributed by atoms with E-state index in [4.69, 9.17) is 59.8 Å². The minimum absolute atomic E-state index is 0. The second-order valence-electron chi connectivity index (χ2n) is 15.2. The van der Waals surface area contributed by atoms with Crippen molar-refractivity contribution in [1.82, 2.24) is 59.8 Å². The van der Waals surface area contributed by atoms with E-state index < -0.39 is 0 Å². The van der Waals surface area contributed by atoms with Gasteiger partial charge >= 0.3 is 21.1 Å². The fourth-order valence-electron chi connectivity index (χ4n) is 8.97. The van der Waals surface area contributed by atoms with Gasteiger partial charge in [-0.1, -0.05) is 143 Å². The first kappa shape index (κ1) is 38.2. The predicted octanol–water partition coefficient (Wildman–Crippen LogP) is 10.4. The van der Waals surface area contributed by atoms with Crippen molar-refractivity contribution in [3.63, 3.8) is 0 Å². The molecular weight excluding hydrogens is 988 g/mol. The van der Waals surface area contributed by atoms with Gasteiger partial charge in [-0.3, -0.25) is 39.9 Å². The van der Waals surface area contributed by atoms with Crippen LogP contribution < -0.4 is 9.97 Å². The van der Waals surface area contributed by atoms with Gasteiger partial charge in [-0.25, -0.2) is 9.97 Å². The van der Waals surface area contributed by atoms with Crippen LogP contribution in [0.15, 0.2) is 171 Å². The number of nitrogens with zero attached hydrogens (tertiary/aromatic N) is 12. The monoisotopic (exact) mass is 1020 g/mol. The molecule has 13 heteroatoms. The molecule has 65 heavy (non-hydrogen) atoms. The SMILES string of the molecule is [Pt+2].c1ccc(-c2c3nc(c(-c4ccccc4)c4[n-]c(c(-c5ccccc5)c5nc(c(-c6ccccc6)c6[n-]c2c2nccnc62)-c2nccnc2-5)c2nccnc42)-c2nccnc2-3)cc1. The quantitative estimate of drug-likeness (QED) is 0.165. The van der Waals surface area contributed by atoms with Gasteiger partial charge in [-0.05, 0) is 44.5 Å². The molecule has 13 rings (SSSR count). The third-order valence-electron chi connectivity index (χ3n) is 11.6. The summed E-state index contributed by atoms with van der Waals surface area (Å²) < 4.78 is 0. The summed E-state index contributed by atoms with van der Waals surface area (Å²) in [4.78, 5) is 62.5. The summed E-state index contributed by atoms with van der Waals surface area (Å²) in [5.41, 5.74) is 15.6. The number of hydrogen-bond acceptors (Lipinski definition) is 10. The normalized spacial score (nSPS) is 11.6. The van der Waals surface area contributed by atoms with Crippen molar-refractivity contribution in [2.45, 2.75) is 0 Å². The van der Waals surface area contributed by atoms with Crippen molar-refractivity contribution in [2.24, 2.45) is 0 Å². The van der Waals surface area contributed by atoms with Crippen LogP contribution in [0.5, 0.6) is 0 Å². The average molecular weight is 1020 g/mol. The minimum atomic E-state index is 0. The molecule has 0 N–H and O–H groups in total. The molecule has 8 heterocycles. The molecule has 8 bridgehead atoms. The molecule has 12 nitrogen and oxygen atoms in total. The Hall–Kier alpha value is -8.47. The molecule has 0 saturated heterocycles. The molecule has 10 aromatic rings. The number of aromatic nitrogens is 12. The molecule has 2 aliphatic heterocycles. The molecule has 0 spiro atoms. The van der Waals surface area contributed by atoms with Crippen molar-refractivity contribution in [3.8, 4) is 90.1 Å². The maximum atomic E-state index is 5.60. The molecule has 0 radical (unpaired) electrons. The molecule has 0 amide bonds. The van der Waals surface area contributed by atoms with E-state index in [9.17, 15) is 0 Å². The van der Waals surface area contributed by atoms with E-state index in [0.717, 1.165) is 22.3 Å². The van der Waals surface area contributed by atoms with Gasteiger partial charge in [-0.2, -0.15) is 0 Å². The summed E-state index contributed by atoms with van der Waals surface area (Å²) in [6.45, 7) is 0. The van der Waals surface area contributed by atoms with Crippen molar-refractivity contribution >= 4 is 44.1 Å². The molecule has 0 unspecified atom stereocenters. The van der Waals surface area contributed by atoms with Crippen LogP contribution in [0.4, 0.5) is 0 Å². The van der Waals surface area contributed by atoms with Crippen molar-refractivity contribution in [1.29, 1.82) is 0 Å². The van der Waals surface area contributed by atoms with E-state index in [2.05, 4.69) is 0 Å². The van der Waals surface area contributed by atoms with Crippen LogP contribution in [0.25, 0.3) is 134 Å². The van der Waals surface area contributed by atoms with Gasteiger partial charge in [-0.15, -0.1) is 0 Å². The molecule has 0 fully saturated rings. The van der Waals surface area contributed by atoms with Crippen LogP contribution in [0, 0.1) is 0 Å². The van der Waals surface area contributed by atoms with Crippen LogP contribution >= 0.6 is 0 Å². The van der Waals surface area contributed by atoms with Gasteiger partial charge in [0.25, 0.3) is 0 Å². The summed E-state index contributed by atoms with van der Waals surface area (Å²) in [5.74, 6) is 0. The Balaban J connectivity index is 0.00000444. The fraction of sp³-hybridized carbons (Fsp3) is 0. The Morgan fingerprint density at radius 1 is 0.246 bits per heavy atom. The van der Waals surface area contributed by atoms with E-state index in [1.165, 1.54) is 0 Å². The minimum Gasteiger partial charge on any atom is -0.653 e. The maximum absolute atomic E-state index is 5.60. The Bertz CT molecular complexity index is 3350. The smallest absolute Gasteiger partial charge is 0.653 e. The fourth-order valence-corrected chi connectivity index (χ4v) is 8.97. The summed E-state index contributed by atoms with van der Waals surface area (Å²) in [7, 11) is 0. The molecular formula is C52H28N12Pt. The van der Waals surface area contributed by atoms with E-state index in [0.29, 0.717) is 112 Å². The van der Waals surface area contributed by atoms with Crippen LogP contribution in [0.2, 0.25) is 0 Å². The van der Waals surface area contributed by atoms with Gasteiger partial charge in [0.15, 0.2) is 0 Å². The standard InChI is InChI=1S/C52H28N12.Pt/c1-5-13-29(14-6-1)33-37-45-47(55-23-21-53-45)39(61-37)34(30-15-7-2-8-16-30)41-49-51(59-27-25-57-49)43(63-41)36(32-19-11-4-12-20-32)44-52-50(58-26-28-60-52)42(64-44)35(31-17-9-3-10-18-31)40-48-46(38(33)62-40)54-22-24-56-48;/h1-28H;/q-2;+2. The number of benzene rings is 4. The summed E-state index contributed by atoms with van der Waals surface area (Å²) >= 11 is 0. The zero-order chi connectivity index (χ0) is 42.1. The van der Waals surface area contributed by atoms with Gasteiger partial charge in [0, 0.05) is 49.6 Å². The van der Waals surface area contributed by atoms with Gasteiger partial charge in [0.2, 0.25) is 0 Å². The Labute approximate surface area is 384 Å². The Morgan fingerprint density at radius 3 is 0.692 bits per heavy atom. The summed E-state index contributed by atoms with van der Waals surface area (Å²) in [6.07, 6.45) is 13.5. The second kappa shape index (κ2) is 15.4. The van der Waals surface area contributed by atoms with E-state index >= 15 is 0 Å². The number of hydrogen-bond donors (Lipinski definition) is 0. The summed E-state index contributed by atoms with van der Waals surface area (Å²) in [5, 5.41) is 0. The molecule has 306 valence electrons. The molecule has 1 aliphatic carbocycles. The zero-order valence-corrected chi connectivity index (χ0v) is 36.1. The van der Waals surface area contributed by atoms with Crippen LogP contribution in [0.1, 0.15) is 0 Å². The maximum Gasteiger partial charge on any atom is 2.00 e. The van der Waals surface area contributed by atoms with E-state index in [1.54, 1.807) is 49.6 Å². The van der Waals surface area contributed by atoms with Crippen LogP contribution in [-0.2, 0) is 21.1 Å². The Kier molecular flexibility index (Phi) is 9.06. The first-order chi connectivity index (χ1) is 31.8. The number of rotatable bonds is 4. The average Bonchev–Trinajstić information content (AvgIpc) is 4.14. The van der Waals surface area contributed by atoms with Gasteiger partial charge in [0.1, 0.15) is 22.8 Å². The Morgan fingerprint density at radius 2 is 0.462 bits per heavy atom. The second-order valence-corrected chi connectivity index (χ2v) is 15.2. The molecule has 3 aliphatic rings. The molecule has 0 atom stereocenters. The summed E-state index contributed by atoms with van der Waals surface area (Å²) in [6, 6.07) is 40.4. The van der Waals surface area contributed by atoms with Crippen LogP contribution in [0.3, 0.4) is 0 Å². The van der Waals surface area contributed by atoms with Crippen LogP contribution in [-0.4, -0.2) is 49.8 Å². The first-order valence-corrected chi connectivity index (χ1v) is 20.6. The first-order valence-electron chi connectivity index (χ1n) is 20.6. The van der Waals surface area contributed by atoms with Crippen molar-refractivity contribution < 1.29 is 21.1 Å². The van der Waals surface area contributed by atoms with E-state index in [-0.39, 0.29) is 21.1 Å². The van der Waals surface area contributed by atoms with Gasteiger partial charge in [0.05, 0.1) is 44.8 Å². The largest absolute Gasteiger partial charge is 2.00 e. The topological polar surface area (TPSA) is 157 Å². The predicted molar refractivity (Wildman–Crippen MR) is 247 cm³/mol. The third-order valence-corrected chi connectivity index (χ3v) is 11.6. The van der Waals surface area contributed by atoms with Gasteiger partial charge < -0.3 is 9.97 Å². The molecule has 4 aromatic carbocycles. The van der Waals surface area contributed by atoms with E-state index in [1.807, 2.05) is 121 Å². The van der Waals surface area contributed by atoms with Crippen molar-refractivity contribution in [2.75, 3.05) is 0 Å². The van der Waals surface area contributed by atoms with Crippen molar-refractivity contribution in [3.05, 3.63) is 171 Å². The third kappa shape index (κ3) is 5.95. The zero-order valence-electron chi connectivity index (χ0n) is 33.8. The molecule has 6 aromatic heterocycles.